The molecule has 1 N–H and O–H groups in total. The van der Waals surface area contributed by atoms with Gasteiger partial charge in [-0.3, -0.25) is 0 Å². The molecule has 0 aliphatic rings. The first kappa shape index (κ1) is 20.6. The SMILES string of the molecule is COc1cc(Cl)c(-n2c(=O)[nH]c3cncnc32)cc1OCc1c(OC)ccc(F)c1F. The fourth-order valence-electron chi connectivity index (χ4n) is 3.10. The molecule has 0 unspecified atom stereocenters. The highest BCUT2D eigenvalue weighted by atomic mass is 35.5. The summed E-state index contributed by atoms with van der Waals surface area (Å²) in [5.74, 6) is -1.63. The summed E-state index contributed by atoms with van der Waals surface area (Å²) in [6.07, 6.45) is 2.74. The molecular formula is C20H15ClF2N4O4. The molecule has 0 bridgehead atoms. The molecule has 0 saturated carbocycles. The summed E-state index contributed by atoms with van der Waals surface area (Å²) in [7, 11) is 2.73. The van der Waals surface area contributed by atoms with Crippen LogP contribution in [0, 0.1) is 11.6 Å². The van der Waals surface area contributed by atoms with E-state index in [9.17, 15) is 13.6 Å². The zero-order chi connectivity index (χ0) is 22.1. The third-order valence-corrected chi connectivity index (χ3v) is 4.87. The van der Waals surface area contributed by atoms with Crippen LogP contribution in [-0.4, -0.2) is 33.7 Å². The van der Waals surface area contributed by atoms with Gasteiger partial charge in [0.05, 0.1) is 36.7 Å². The van der Waals surface area contributed by atoms with Crippen LogP contribution in [0.1, 0.15) is 5.56 Å². The molecule has 4 aromatic rings. The van der Waals surface area contributed by atoms with Gasteiger partial charge in [-0.2, -0.15) is 0 Å². The second-order valence-corrected chi connectivity index (χ2v) is 6.72. The second-order valence-electron chi connectivity index (χ2n) is 6.31. The van der Waals surface area contributed by atoms with Crippen molar-refractivity contribution in [3.63, 3.8) is 0 Å². The van der Waals surface area contributed by atoms with Gasteiger partial charge in [0, 0.05) is 12.1 Å². The Labute approximate surface area is 179 Å². The molecule has 0 spiro atoms. The zero-order valence-corrected chi connectivity index (χ0v) is 17.0. The van der Waals surface area contributed by atoms with Crippen molar-refractivity contribution in [3.8, 4) is 22.9 Å². The minimum absolute atomic E-state index is 0.113. The average molecular weight is 449 g/mol. The van der Waals surface area contributed by atoms with Gasteiger partial charge in [-0.05, 0) is 12.1 Å². The molecule has 0 aliphatic heterocycles. The van der Waals surface area contributed by atoms with Crippen LogP contribution in [0.5, 0.6) is 17.2 Å². The van der Waals surface area contributed by atoms with E-state index in [1.54, 1.807) is 0 Å². The predicted molar refractivity (Wildman–Crippen MR) is 108 cm³/mol. The summed E-state index contributed by atoms with van der Waals surface area (Å²) in [4.78, 5) is 23.1. The smallest absolute Gasteiger partial charge is 0.332 e. The number of hydrogen-bond donors (Lipinski definition) is 1. The summed E-state index contributed by atoms with van der Waals surface area (Å²) < 4.78 is 45.3. The molecule has 11 heteroatoms. The number of hydrogen-bond acceptors (Lipinski definition) is 6. The Kier molecular flexibility index (Phi) is 5.47. The first-order valence-electron chi connectivity index (χ1n) is 8.87. The molecule has 0 atom stereocenters. The molecule has 0 saturated heterocycles. The summed E-state index contributed by atoms with van der Waals surface area (Å²) in [6.45, 7) is -0.366. The molecule has 31 heavy (non-hydrogen) atoms. The minimum Gasteiger partial charge on any atom is -0.496 e. The van der Waals surface area contributed by atoms with Gasteiger partial charge in [0.25, 0.3) is 0 Å². The van der Waals surface area contributed by atoms with Gasteiger partial charge < -0.3 is 19.2 Å². The maximum absolute atomic E-state index is 14.3. The third-order valence-electron chi connectivity index (χ3n) is 4.57. The van der Waals surface area contributed by atoms with Crippen LogP contribution in [0.2, 0.25) is 5.02 Å². The molecule has 0 amide bonds. The minimum atomic E-state index is -1.09. The van der Waals surface area contributed by atoms with Crippen molar-refractivity contribution in [3.05, 3.63) is 69.5 Å². The number of nitrogens with zero attached hydrogens (tertiary/aromatic N) is 3. The number of fused-ring (bicyclic) bond motifs is 1. The highest BCUT2D eigenvalue weighted by Crippen LogP contribution is 2.36. The van der Waals surface area contributed by atoms with Gasteiger partial charge >= 0.3 is 5.69 Å². The number of imidazole rings is 1. The standard InChI is InChI=1S/C20H15ClF2N4O4/c1-29-15-4-3-12(22)18(23)10(15)8-31-17-6-14(11(21)5-16(17)30-2)27-19-13(26-20(27)28)7-24-9-25-19/h3-7,9H,8H2,1-2H3,(H,26,28). The van der Waals surface area contributed by atoms with Crippen LogP contribution in [0.15, 0.2) is 41.6 Å². The first-order valence-corrected chi connectivity index (χ1v) is 9.24. The lowest BCUT2D eigenvalue weighted by atomic mass is 10.2. The topological polar surface area (TPSA) is 91.3 Å². The maximum Gasteiger partial charge on any atom is 0.332 e. The number of rotatable bonds is 6. The summed E-state index contributed by atoms with van der Waals surface area (Å²) >= 11 is 6.37. The lowest BCUT2D eigenvalue weighted by molar-refractivity contribution is 0.270. The van der Waals surface area contributed by atoms with E-state index in [1.807, 2.05) is 0 Å². The van der Waals surface area contributed by atoms with Gasteiger partial charge in [-0.15, -0.1) is 0 Å². The Morgan fingerprint density at radius 2 is 1.90 bits per heavy atom. The summed E-state index contributed by atoms with van der Waals surface area (Å²) in [6, 6.07) is 5.15. The Hall–Kier alpha value is -3.66. The van der Waals surface area contributed by atoms with Crippen molar-refractivity contribution < 1.29 is 23.0 Å². The van der Waals surface area contributed by atoms with E-state index in [1.165, 1.54) is 49.5 Å². The Bertz CT molecular complexity index is 1340. The number of methoxy groups -OCH3 is 2. The van der Waals surface area contributed by atoms with E-state index in [0.29, 0.717) is 11.2 Å². The van der Waals surface area contributed by atoms with Crippen molar-refractivity contribution in [2.24, 2.45) is 0 Å². The quantitative estimate of drug-likeness (QED) is 0.484. The van der Waals surface area contributed by atoms with Crippen molar-refractivity contribution in [1.29, 1.82) is 0 Å². The van der Waals surface area contributed by atoms with E-state index in [4.69, 9.17) is 25.8 Å². The Morgan fingerprint density at radius 3 is 2.65 bits per heavy atom. The number of nitrogens with one attached hydrogen (secondary N) is 1. The van der Waals surface area contributed by atoms with Crippen LogP contribution in [-0.2, 0) is 6.61 Å². The molecule has 0 aliphatic carbocycles. The molecule has 0 fully saturated rings. The zero-order valence-electron chi connectivity index (χ0n) is 16.3. The van der Waals surface area contributed by atoms with E-state index in [0.717, 1.165) is 6.07 Å². The molecule has 0 radical (unpaired) electrons. The number of aromatic nitrogens is 4. The third kappa shape index (κ3) is 3.66. The first-order chi connectivity index (χ1) is 14.9. The van der Waals surface area contributed by atoms with Crippen LogP contribution in [0.3, 0.4) is 0 Å². The van der Waals surface area contributed by atoms with Crippen molar-refractivity contribution in [1.82, 2.24) is 19.5 Å². The highest BCUT2D eigenvalue weighted by molar-refractivity contribution is 6.32. The van der Waals surface area contributed by atoms with Gasteiger partial charge in [0.2, 0.25) is 0 Å². The van der Waals surface area contributed by atoms with E-state index in [2.05, 4.69) is 15.0 Å². The average Bonchev–Trinajstić information content (AvgIpc) is 3.10. The van der Waals surface area contributed by atoms with E-state index in [-0.39, 0.29) is 40.1 Å². The van der Waals surface area contributed by atoms with Gasteiger partial charge in [-0.1, -0.05) is 11.6 Å². The van der Waals surface area contributed by atoms with Crippen molar-refractivity contribution in [2.45, 2.75) is 6.61 Å². The Balaban J connectivity index is 1.79. The molecule has 2 aromatic heterocycles. The number of aromatic amines is 1. The van der Waals surface area contributed by atoms with Gasteiger partial charge in [0.15, 0.2) is 28.8 Å². The number of ether oxygens (including phenoxy) is 3. The largest absolute Gasteiger partial charge is 0.496 e. The fraction of sp³-hybridized carbons (Fsp3) is 0.150. The van der Waals surface area contributed by atoms with Crippen LogP contribution < -0.4 is 19.9 Å². The number of benzene rings is 2. The van der Waals surface area contributed by atoms with E-state index < -0.39 is 17.3 Å². The van der Waals surface area contributed by atoms with Crippen LogP contribution in [0.4, 0.5) is 8.78 Å². The fourth-order valence-corrected chi connectivity index (χ4v) is 3.34. The molecule has 160 valence electrons. The summed E-state index contributed by atoms with van der Waals surface area (Å²) in [5, 5.41) is 0.181. The molecule has 8 nitrogen and oxygen atoms in total. The maximum atomic E-state index is 14.3. The lowest BCUT2D eigenvalue weighted by Gasteiger charge is -2.16. The number of H-pyrrole nitrogens is 1. The van der Waals surface area contributed by atoms with Crippen LogP contribution in [0.25, 0.3) is 16.9 Å². The van der Waals surface area contributed by atoms with Gasteiger partial charge in [0.1, 0.15) is 24.2 Å². The molecule has 2 aromatic carbocycles. The Morgan fingerprint density at radius 1 is 1.13 bits per heavy atom. The van der Waals surface area contributed by atoms with E-state index >= 15 is 0 Å². The molecule has 4 rings (SSSR count). The monoisotopic (exact) mass is 448 g/mol. The lowest BCUT2D eigenvalue weighted by Crippen LogP contribution is -2.15. The van der Waals surface area contributed by atoms with Crippen molar-refractivity contribution >= 4 is 22.8 Å². The normalized spacial score (nSPS) is 11.0. The second kappa shape index (κ2) is 8.23. The highest BCUT2D eigenvalue weighted by Gasteiger charge is 2.19. The number of halogens is 3. The van der Waals surface area contributed by atoms with Crippen molar-refractivity contribution in [2.75, 3.05) is 14.2 Å². The van der Waals surface area contributed by atoms with Gasteiger partial charge in [-0.25, -0.2) is 28.1 Å². The van der Waals surface area contributed by atoms with Crippen LogP contribution >= 0.6 is 11.6 Å². The summed E-state index contributed by atoms with van der Waals surface area (Å²) in [5.41, 5.74) is 0.354. The predicted octanol–water partition coefficient (Wildman–Crippen LogP) is 3.64. The molecule has 2 heterocycles. The molecular weight excluding hydrogens is 434 g/mol.